The van der Waals surface area contributed by atoms with Gasteiger partial charge in [0, 0.05) is 16.6 Å². The molecule has 0 saturated heterocycles. The van der Waals surface area contributed by atoms with E-state index in [1.165, 1.54) is 0 Å². The summed E-state index contributed by atoms with van der Waals surface area (Å²) < 4.78 is 11.9. The van der Waals surface area contributed by atoms with Crippen molar-refractivity contribution >= 4 is 33.5 Å². The molecule has 0 aliphatic rings. The summed E-state index contributed by atoms with van der Waals surface area (Å²) in [4.78, 5) is 23.9. The van der Waals surface area contributed by atoms with Crippen LogP contribution in [0.4, 0.5) is 5.69 Å². The number of carbonyl (C=O) groups excluding carboxylic acids is 2. The van der Waals surface area contributed by atoms with Gasteiger partial charge in [0.25, 0.3) is 0 Å². The summed E-state index contributed by atoms with van der Waals surface area (Å²) in [7, 11) is 0. The van der Waals surface area contributed by atoms with Crippen molar-refractivity contribution in [2.75, 3.05) is 11.9 Å². The number of carbonyl (C=O) groups is 2. The Kier molecular flexibility index (Phi) is 7.66. The maximum Gasteiger partial charge on any atom is 0.347 e. The van der Waals surface area contributed by atoms with E-state index in [1.54, 1.807) is 43.3 Å². The fraction of sp³-hybridized carbons (Fsp3) is 0.300. The number of esters is 1. The van der Waals surface area contributed by atoms with Gasteiger partial charge in [-0.15, -0.1) is 0 Å². The van der Waals surface area contributed by atoms with Gasteiger partial charge in [0.1, 0.15) is 17.1 Å². The molecule has 0 atom stereocenters. The number of anilines is 1. The van der Waals surface area contributed by atoms with Gasteiger partial charge in [0.15, 0.2) is 0 Å². The quantitative estimate of drug-likeness (QED) is 0.362. The van der Waals surface area contributed by atoms with Crippen LogP contribution < -0.4 is 14.8 Å². The number of hydrogen-bond acceptors (Lipinski definition) is 4. The Morgan fingerprint density at radius 2 is 1.81 bits per heavy atom. The number of hydrogen-bond donors (Lipinski definition) is 1. The van der Waals surface area contributed by atoms with Gasteiger partial charge >= 0.3 is 5.97 Å². The zero-order valence-electron chi connectivity index (χ0n) is 14.9. The van der Waals surface area contributed by atoms with Crippen molar-refractivity contribution in [2.24, 2.45) is 0 Å². The Balaban J connectivity index is 2.09. The Hall–Kier alpha value is -2.34. The highest BCUT2D eigenvalue weighted by atomic mass is 79.9. The van der Waals surface area contributed by atoms with Crippen LogP contribution >= 0.6 is 15.9 Å². The maximum absolute atomic E-state index is 12.5. The minimum atomic E-state index is -0.497. The highest BCUT2D eigenvalue weighted by molar-refractivity contribution is 9.10. The molecule has 1 N–H and O–H groups in total. The van der Waals surface area contributed by atoms with Crippen molar-refractivity contribution < 1.29 is 19.1 Å². The minimum Gasteiger partial charge on any atom is -0.493 e. The number of nitrogens with one attached hydrogen (secondary N) is 1. The lowest BCUT2D eigenvalue weighted by molar-refractivity contribution is -0.115. The first-order chi connectivity index (χ1) is 12.5. The van der Waals surface area contributed by atoms with E-state index in [2.05, 4.69) is 28.2 Å². The largest absolute Gasteiger partial charge is 0.493 e. The third-order valence-corrected chi connectivity index (χ3v) is 4.08. The summed E-state index contributed by atoms with van der Waals surface area (Å²) in [5.74, 6) is 0.323. The molecule has 0 aromatic heterocycles. The predicted molar refractivity (Wildman–Crippen MR) is 105 cm³/mol. The Bertz CT molecular complexity index is 759. The van der Waals surface area contributed by atoms with Crippen LogP contribution in [0.3, 0.4) is 0 Å². The van der Waals surface area contributed by atoms with Gasteiger partial charge in [-0.1, -0.05) is 36.2 Å². The molecule has 26 heavy (non-hydrogen) atoms. The predicted octanol–water partition coefficient (Wildman–Crippen LogP) is 5.20. The molecule has 6 heteroatoms. The zero-order valence-corrected chi connectivity index (χ0v) is 16.5. The van der Waals surface area contributed by atoms with Crippen molar-refractivity contribution in [3.05, 3.63) is 52.5 Å². The smallest absolute Gasteiger partial charge is 0.347 e. The molecule has 2 rings (SSSR count). The standard InChI is InChI=1S/C20H22BrNO4/c1-3-5-12-25-18-11-6-14(21)13-17(18)20(24)26-16-9-7-15(8-10-16)22-19(23)4-2/h6-11,13H,3-5,12H2,1-2H3,(H,22,23). The molecule has 0 aliphatic carbocycles. The molecule has 2 aromatic carbocycles. The van der Waals surface area contributed by atoms with Crippen LogP contribution in [0.5, 0.6) is 11.5 Å². The summed E-state index contributed by atoms with van der Waals surface area (Å²) >= 11 is 3.37. The van der Waals surface area contributed by atoms with Gasteiger partial charge < -0.3 is 14.8 Å². The fourth-order valence-corrected chi connectivity index (χ4v) is 2.49. The molecule has 0 aliphatic heterocycles. The van der Waals surface area contributed by atoms with E-state index in [4.69, 9.17) is 9.47 Å². The second-order valence-electron chi connectivity index (χ2n) is 5.66. The number of benzene rings is 2. The molecule has 0 heterocycles. The summed E-state index contributed by atoms with van der Waals surface area (Å²) in [6.45, 7) is 4.40. The van der Waals surface area contributed by atoms with Crippen LogP contribution in [0, 0.1) is 0 Å². The monoisotopic (exact) mass is 419 g/mol. The van der Waals surface area contributed by atoms with E-state index in [9.17, 15) is 9.59 Å². The Labute approximate surface area is 161 Å². The highest BCUT2D eigenvalue weighted by Gasteiger charge is 2.16. The van der Waals surface area contributed by atoms with E-state index >= 15 is 0 Å². The molecule has 1 amide bonds. The average molecular weight is 420 g/mol. The van der Waals surface area contributed by atoms with Crippen LogP contribution in [0.2, 0.25) is 0 Å². The van der Waals surface area contributed by atoms with Crippen LogP contribution in [0.25, 0.3) is 0 Å². The third-order valence-electron chi connectivity index (χ3n) is 3.59. The van der Waals surface area contributed by atoms with Crippen molar-refractivity contribution in [2.45, 2.75) is 33.1 Å². The minimum absolute atomic E-state index is 0.0715. The normalized spacial score (nSPS) is 10.3. The molecule has 0 radical (unpaired) electrons. The summed E-state index contributed by atoms with van der Waals surface area (Å²) in [6, 6.07) is 11.9. The molecule has 0 bridgehead atoms. The van der Waals surface area contributed by atoms with Crippen LogP contribution in [-0.2, 0) is 4.79 Å². The lowest BCUT2D eigenvalue weighted by Gasteiger charge is -2.12. The molecule has 2 aromatic rings. The molecule has 0 spiro atoms. The van der Waals surface area contributed by atoms with E-state index in [0.717, 1.165) is 17.3 Å². The topological polar surface area (TPSA) is 64.6 Å². The lowest BCUT2D eigenvalue weighted by Crippen LogP contribution is -2.12. The molecular formula is C20H22BrNO4. The SMILES string of the molecule is CCCCOc1ccc(Br)cc1C(=O)Oc1ccc(NC(=O)CC)cc1. The number of rotatable bonds is 8. The molecule has 0 saturated carbocycles. The van der Waals surface area contributed by atoms with Crippen LogP contribution in [-0.4, -0.2) is 18.5 Å². The van der Waals surface area contributed by atoms with Gasteiger partial charge in [-0.05, 0) is 48.9 Å². The van der Waals surface area contributed by atoms with E-state index < -0.39 is 5.97 Å². The maximum atomic E-state index is 12.5. The molecule has 5 nitrogen and oxygen atoms in total. The second kappa shape index (κ2) is 9.97. The van der Waals surface area contributed by atoms with Crippen molar-refractivity contribution in [3.63, 3.8) is 0 Å². The summed E-state index contributed by atoms with van der Waals surface area (Å²) in [5.41, 5.74) is 1.02. The number of halogens is 1. The molecular weight excluding hydrogens is 398 g/mol. The highest BCUT2D eigenvalue weighted by Crippen LogP contribution is 2.26. The van der Waals surface area contributed by atoms with Crippen LogP contribution in [0.1, 0.15) is 43.5 Å². The van der Waals surface area contributed by atoms with Gasteiger partial charge in [-0.2, -0.15) is 0 Å². The summed E-state index contributed by atoms with van der Waals surface area (Å²) in [5, 5.41) is 2.74. The Morgan fingerprint density at radius 1 is 1.08 bits per heavy atom. The first kappa shape index (κ1) is 20.0. The second-order valence-corrected chi connectivity index (χ2v) is 6.57. The van der Waals surface area contributed by atoms with Gasteiger partial charge in [0.2, 0.25) is 5.91 Å². The average Bonchev–Trinajstić information content (AvgIpc) is 2.64. The number of ether oxygens (including phenoxy) is 2. The number of amides is 1. The summed E-state index contributed by atoms with van der Waals surface area (Å²) in [6.07, 6.45) is 2.33. The van der Waals surface area contributed by atoms with Crippen molar-refractivity contribution in [1.82, 2.24) is 0 Å². The van der Waals surface area contributed by atoms with Gasteiger partial charge in [0.05, 0.1) is 6.61 Å². The fourth-order valence-electron chi connectivity index (χ4n) is 2.13. The Morgan fingerprint density at radius 3 is 2.46 bits per heavy atom. The first-order valence-corrected chi connectivity index (χ1v) is 9.37. The van der Waals surface area contributed by atoms with Crippen molar-refractivity contribution in [1.29, 1.82) is 0 Å². The van der Waals surface area contributed by atoms with E-state index in [0.29, 0.717) is 35.8 Å². The molecule has 138 valence electrons. The number of unbranched alkanes of at least 4 members (excludes halogenated alkanes) is 1. The molecule has 0 fully saturated rings. The van der Waals surface area contributed by atoms with E-state index in [1.807, 2.05) is 6.07 Å². The van der Waals surface area contributed by atoms with Crippen LogP contribution in [0.15, 0.2) is 46.9 Å². The van der Waals surface area contributed by atoms with Crippen molar-refractivity contribution in [3.8, 4) is 11.5 Å². The lowest BCUT2D eigenvalue weighted by atomic mass is 10.2. The zero-order chi connectivity index (χ0) is 18.9. The van der Waals surface area contributed by atoms with E-state index in [-0.39, 0.29) is 5.91 Å². The van der Waals surface area contributed by atoms with Gasteiger partial charge in [-0.3, -0.25) is 4.79 Å². The first-order valence-electron chi connectivity index (χ1n) is 8.58. The molecule has 0 unspecified atom stereocenters. The third kappa shape index (κ3) is 5.88. The van der Waals surface area contributed by atoms with Gasteiger partial charge in [-0.25, -0.2) is 4.79 Å².